The van der Waals surface area contributed by atoms with Gasteiger partial charge in [0.25, 0.3) is 0 Å². The van der Waals surface area contributed by atoms with Crippen molar-refractivity contribution in [2.24, 2.45) is 0 Å². The first-order valence-corrected chi connectivity index (χ1v) is 4.96. The quantitative estimate of drug-likeness (QED) is 0.789. The van der Waals surface area contributed by atoms with Crippen molar-refractivity contribution in [3.8, 4) is 0 Å². The molecule has 0 aliphatic carbocycles. The number of carbonyl (C=O) groups is 2. The van der Waals surface area contributed by atoms with Crippen molar-refractivity contribution in [3.63, 3.8) is 0 Å². The van der Waals surface area contributed by atoms with E-state index in [0.29, 0.717) is 0 Å². The molecule has 0 spiro atoms. The molecule has 6 heteroatoms. The van der Waals surface area contributed by atoms with Gasteiger partial charge in [0.15, 0.2) is 0 Å². The normalized spacial score (nSPS) is 9.62. The van der Waals surface area contributed by atoms with Crippen molar-refractivity contribution in [3.05, 3.63) is 20.8 Å². The Balaban J connectivity index is 2.44. The van der Waals surface area contributed by atoms with Gasteiger partial charge in [-0.15, -0.1) is 11.3 Å². The molecule has 0 atom stereocenters. The van der Waals surface area contributed by atoms with Gasteiger partial charge in [0, 0.05) is 4.88 Å². The molecule has 0 aliphatic heterocycles. The van der Waals surface area contributed by atoms with E-state index in [1.54, 1.807) is 0 Å². The van der Waals surface area contributed by atoms with Gasteiger partial charge in [0.05, 0.1) is 10.3 Å². The summed E-state index contributed by atoms with van der Waals surface area (Å²) in [4.78, 5) is 21.6. The molecule has 1 amide bonds. The number of rotatable bonds is 2. The number of carboxylic acid groups (broad SMARTS) is 1. The summed E-state index contributed by atoms with van der Waals surface area (Å²) in [7, 11) is 0. The summed E-state index contributed by atoms with van der Waals surface area (Å²) < 4.78 is 0.951. The van der Waals surface area contributed by atoms with Crippen molar-refractivity contribution in [1.82, 2.24) is 5.32 Å². The van der Waals surface area contributed by atoms with Crippen molar-refractivity contribution >= 4 is 39.1 Å². The monoisotopic (exact) mass is 263 g/mol. The molecule has 0 saturated heterocycles. The minimum atomic E-state index is -1.46. The molecule has 13 heavy (non-hydrogen) atoms. The molecule has 1 aromatic heterocycles. The maximum absolute atomic E-state index is 10.6. The molecule has 1 heterocycles. The standard InChI is InChI=1S/C7H6BrNO3S/c8-5-2-1-4(13-5)3-9-6(10)7(11)12/h1-2H,3H2,(H,9,10)(H,11,12). The molecule has 0 unspecified atom stereocenters. The Hall–Kier alpha value is -0.880. The van der Waals surface area contributed by atoms with Crippen molar-refractivity contribution in [2.75, 3.05) is 0 Å². The third-order valence-corrected chi connectivity index (χ3v) is 2.87. The molecule has 0 aliphatic rings. The number of nitrogens with one attached hydrogen (secondary N) is 1. The summed E-state index contributed by atoms with van der Waals surface area (Å²) in [5, 5.41) is 10.5. The maximum Gasteiger partial charge on any atom is 0.394 e. The summed E-state index contributed by atoms with van der Waals surface area (Å²) in [5.74, 6) is -2.44. The van der Waals surface area contributed by atoms with Crippen LogP contribution in [0, 0.1) is 0 Å². The van der Waals surface area contributed by atoms with E-state index in [2.05, 4.69) is 21.2 Å². The van der Waals surface area contributed by atoms with Crippen LogP contribution in [-0.4, -0.2) is 17.0 Å². The largest absolute Gasteiger partial charge is 0.474 e. The van der Waals surface area contributed by atoms with Gasteiger partial charge in [-0.05, 0) is 28.1 Å². The number of carbonyl (C=O) groups excluding carboxylic acids is 1. The number of hydrogen-bond acceptors (Lipinski definition) is 3. The fraction of sp³-hybridized carbons (Fsp3) is 0.143. The highest BCUT2D eigenvalue weighted by Gasteiger charge is 2.10. The van der Waals surface area contributed by atoms with Gasteiger partial charge in [-0.1, -0.05) is 0 Å². The summed E-state index contributed by atoms with van der Waals surface area (Å²) in [6.07, 6.45) is 0. The van der Waals surface area contributed by atoms with E-state index in [4.69, 9.17) is 5.11 Å². The SMILES string of the molecule is O=C(O)C(=O)NCc1ccc(Br)s1. The number of carboxylic acids is 1. The molecule has 2 N–H and O–H groups in total. The van der Waals surface area contributed by atoms with Crippen LogP contribution in [0.25, 0.3) is 0 Å². The summed E-state index contributed by atoms with van der Waals surface area (Å²) in [6.45, 7) is 0.251. The highest BCUT2D eigenvalue weighted by molar-refractivity contribution is 9.11. The predicted octanol–water partition coefficient (Wildman–Crippen LogP) is 1.21. The second kappa shape index (κ2) is 4.38. The molecule has 0 aromatic carbocycles. The predicted molar refractivity (Wildman–Crippen MR) is 51.5 cm³/mol. The fourth-order valence-corrected chi connectivity index (χ4v) is 2.11. The van der Waals surface area contributed by atoms with Crippen LogP contribution in [0.3, 0.4) is 0 Å². The zero-order valence-electron chi connectivity index (χ0n) is 6.41. The highest BCUT2D eigenvalue weighted by Crippen LogP contribution is 2.21. The second-order valence-corrected chi connectivity index (χ2v) is 4.74. The van der Waals surface area contributed by atoms with Gasteiger partial charge in [0.2, 0.25) is 0 Å². The lowest BCUT2D eigenvalue weighted by molar-refractivity contribution is -0.150. The third kappa shape index (κ3) is 3.16. The number of halogens is 1. The molecule has 0 fully saturated rings. The van der Waals surface area contributed by atoms with E-state index in [-0.39, 0.29) is 6.54 Å². The summed E-state index contributed by atoms with van der Waals surface area (Å²) >= 11 is 4.71. The Kier molecular flexibility index (Phi) is 3.44. The lowest BCUT2D eigenvalue weighted by atomic mass is 10.4. The lowest BCUT2D eigenvalue weighted by Gasteiger charge is -1.97. The third-order valence-electron chi connectivity index (χ3n) is 1.25. The van der Waals surface area contributed by atoms with Gasteiger partial charge in [-0.3, -0.25) is 4.79 Å². The maximum atomic E-state index is 10.6. The number of aliphatic carboxylic acids is 1. The minimum absolute atomic E-state index is 0.251. The van der Waals surface area contributed by atoms with Gasteiger partial charge in [-0.25, -0.2) is 4.79 Å². The summed E-state index contributed by atoms with van der Waals surface area (Å²) in [5.41, 5.74) is 0. The Bertz CT molecular complexity index is 336. The Morgan fingerprint density at radius 1 is 1.54 bits per heavy atom. The van der Waals surface area contributed by atoms with Crippen LogP contribution in [0.2, 0.25) is 0 Å². The number of hydrogen-bond donors (Lipinski definition) is 2. The van der Waals surface area contributed by atoms with Crippen LogP contribution in [0.4, 0.5) is 0 Å². The van der Waals surface area contributed by atoms with Gasteiger partial charge >= 0.3 is 11.9 Å². The van der Waals surface area contributed by atoms with Gasteiger partial charge < -0.3 is 10.4 Å². The van der Waals surface area contributed by atoms with Crippen LogP contribution in [0.15, 0.2) is 15.9 Å². The van der Waals surface area contributed by atoms with Crippen LogP contribution in [0.1, 0.15) is 4.88 Å². The van der Waals surface area contributed by atoms with Gasteiger partial charge in [0.1, 0.15) is 0 Å². The molecule has 4 nitrogen and oxygen atoms in total. The molecular weight excluding hydrogens is 258 g/mol. The van der Waals surface area contributed by atoms with Crippen molar-refractivity contribution in [2.45, 2.75) is 6.54 Å². The Labute approximate surface area is 86.7 Å². The van der Waals surface area contributed by atoms with Crippen LogP contribution in [-0.2, 0) is 16.1 Å². The highest BCUT2D eigenvalue weighted by atomic mass is 79.9. The first-order chi connectivity index (χ1) is 6.09. The summed E-state index contributed by atoms with van der Waals surface area (Å²) in [6, 6.07) is 3.66. The molecule has 0 radical (unpaired) electrons. The average molecular weight is 264 g/mol. The molecular formula is C7H6BrNO3S. The van der Waals surface area contributed by atoms with E-state index in [9.17, 15) is 9.59 Å². The Morgan fingerprint density at radius 3 is 2.69 bits per heavy atom. The van der Waals surface area contributed by atoms with E-state index in [1.807, 2.05) is 12.1 Å². The molecule has 1 rings (SSSR count). The van der Waals surface area contributed by atoms with Crippen molar-refractivity contribution in [1.29, 1.82) is 0 Å². The van der Waals surface area contributed by atoms with Crippen LogP contribution in [0.5, 0.6) is 0 Å². The molecule has 1 aromatic rings. The van der Waals surface area contributed by atoms with E-state index < -0.39 is 11.9 Å². The van der Waals surface area contributed by atoms with E-state index >= 15 is 0 Å². The molecule has 70 valence electrons. The smallest absolute Gasteiger partial charge is 0.394 e. The average Bonchev–Trinajstić information content (AvgIpc) is 2.47. The van der Waals surface area contributed by atoms with E-state index in [0.717, 1.165) is 8.66 Å². The first-order valence-electron chi connectivity index (χ1n) is 3.35. The topological polar surface area (TPSA) is 66.4 Å². The first kappa shape index (κ1) is 10.2. The lowest BCUT2D eigenvalue weighted by Crippen LogP contribution is -2.29. The Morgan fingerprint density at radius 2 is 2.23 bits per heavy atom. The van der Waals surface area contributed by atoms with Crippen molar-refractivity contribution < 1.29 is 14.7 Å². The molecule has 0 saturated carbocycles. The second-order valence-electron chi connectivity index (χ2n) is 2.19. The fourth-order valence-electron chi connectivity index (χ4n) is 0.690. The van der Waals surface area contributed by atoms with Gasteiger partial charge in [-0.2, -0.15) is 0 Å². The van der Waals surface area contributed by atoms with Crippen LogP contribution < -0.4 is 5.32 Å². The molecule has 0 bridgehead atoms. The van der Waals surface area contributed by atoms with Crippen LogP contribution >= 0.6 is 27.3 Å². The van der Waals surface area contributed by atoms with E-state index in [1.165, 1.54) is 11.3 Å². The zero-order chi connectivity index (χ0) is 9.84. The number of thiophene rings is 1. The zero-order valence-corrected chi connectivity index (χ0v) is 8.81. The minimum Gasteiger partial charge on any atom is -0.474 e. The number of amides is 1.